The van der Waals surface area contributed by atoms with Gasteiger partial charge in [-0.15, -0.1) is 0 Å². The highest BCUT2D eigenvalue weighted by Gasteiger charge is 2.42. The third kappa shape index (κ3) is 3.36. The molecule has 0 saturated carbocycles. The predicted molar refractivity (Wildman–Crippen MR) is 32.1 cm³/mol. The van der Waals surface area contributed by atoms with Gasteiger partial charge in [-0.25, -0.2) is 13.6 Å². The molecule has 2 nitrogen and oxygen atoms in total. The van der Waals surface area contributed by atoms with E-state index in [0.717, 1.165) is 0 Å². The van der Waals surface area contributed by atoms with Crippen molar-refractivity contribution in [1.82, 2.24) is 0 Å². The van der Waals surface area contributed by atoms with Gasteiger partial charge in [-0.3, -0.25) is 0 Å². The average molecular weight is 190 g/mol. The fourth-order valence-electron chi connectivity index (χ4n) is 0.261. The molecular formula is C6H6F4O2. The molecule has 0 amide bonds. The highest BCUT2D eigenvalue weighted by molar-refractivity contribution is 5.81. The first-order valence-corrected chi connectivity index (χ1v) is 2.65. The van der Waals surface area contributed by atoms with Gasteiger partial charge in [0.25, 0.3) is 0 Å². The molecule has 0 radical (unpaired) electrons. The number of carbonyl (C=O) groups is 1. The largest absolute Gasteiger partial charge is 0.456 e. The Kier molecular flexibility index (Phi) is 2.19. The molecule has 0 aromatic heterocycles. The summed E-state index contributed by atoms with van der Waals surface area (Å²) in [5.41, 5.74) is 0. The van der Waals surface area contributed by atoms with E-state index in [9.17, 15) is 22.4 Å². The van der Waals surface area contributed by atoms with Gasteiger partial charge >= 0.3 is 18.3 Å². The molecule has 6 heteroatoms. The smallest absolute Gasteiger partial charge is 0.340 e. The second-order valence-electron chi connectivity index (χ2n) is 1.76. The van der Waals surface area contributed by atoms with Crippen molar-refractivity contribution in [2.45, 2.75) is 12.3 Å². The van der Waals surface area contributed by atoms with Crippen LogP contribution >= 0.6 is 0 Å². The summed E-state index contributed by atoms with van der Waals surface area (Å²) in [6, 6.07) is -1.28. The third-order valence-electron chi connectivity index (χ3n) is 0.817. The van der Waals surface area contributed by atoms with Crippen LogP contribution in [0.1, 0.15) is 4.11 Å². The molecular weight excluding hydrogens is 181 g/mol. The Morgan fingerprint density at radius 1 is 1.83 bits per heavy atom. The normalized spacial score (nSPS) is 14.6. The molecule has 0 aliphatic heterocycles. The molecule has 0 N–H and O–H groups in total. The number of hydrogen-bond donors (Lipinski definition) is 0. The number of carbonyl (C=O) groups excluding carboxylic acids is 1. The lowest BCUT2D eigenvalue weighted by molar-refractivity contribution is -0.175. The second kappa shape index (κ2) is 4.08. The molecule has 0 aromatic carbocycles. The summed E-state index contributed by atoms with van der Waals surface area (Å²) in [5.74, 6) is -6.21. The minimum atomic E-state index is -4.50. The number of alkyl halides is 4. The Morgan fingerprint density at radius 3 is 2.83 bits per heavy atom. The topological polar surface area (TPSA) is 26.3 Å². The van der Waals surface area contributed by atoms with Crippen molar-refractivity contribution in [3.63, 3.8) is 0 Å². The Bertz CT molecular complexity index is 276. The van der Waals surface area contributed by atoms with Crippen molar-refractivity contribution in [2.75, 3.05) is 6.61 Å². The van der Waals surface area contributed by atoms with Crippen molar-refractivity contribution >= 4 is 5.97 Å². The summed E-state index contributed by atoms with van der Waals surface area (Å²) in [5, 5.41) is 0. The van der Waals surface area contributed by atoms with Gasteiger partial charge in [0.15, 0.2) is 6.61 Å². The lowest BCUT2D eigenvalue weighted by Gasteiger charge is -2.13. The lowest BCUT2D eigenvalue weighted by Crippen LogP contribution is -2.33. The zero-order valence-corrected chi connectivity index (χ0v) is 5.61. The van der Waals surface area contributed by atoms with Crippen LogP contribution in [0.5, 0.6) is 0 Å². The van der Waals surface area contributed by atoms with Crippen LogP contribution in [0, 0.1) is 0 Å². The molecule has 0 atom stereocenters. The van der Waals surface area contributed by atoms with Gasteiger partial charge in [0.1, 0.15) is 0 Å². The van der Waals surface area contributed by atoms with Crippen molar-refractivity contribution in [3.8, 4) is 0 Å². The van der Waals surface area contributed by atoms with Crippen molar-refractivity contribution in [3.05, 3.63) is 12.6 Å². The Morgan fingerprint density at radius 2 is 2.42 bits per heavy atom. The standard InChI is InChI=1S/C6H6F4O2/c1-2-4(11)12-3-6(9,10)5(7)8/h2,5H,1,3H2/i1D2,2D,4+1. The number of rotatable bonds is 4. The van der Waals surface area contributed by atoms with Gasteiger partial charge in [-0.1, -0.05) is 6.53 Å². The fraction of sp³-hybridized carbons (Fsp3) is 0.500. The van der Waals surface area contributed by atoms with E-state index in [1.165, 1.54) is 0 Å². The highest BCUT2D eigenvalue weighted by atomic mass is 19.3. The molecule has 70 valence electrons. The van der Waals surface area contributed by atoms with Crippen molar-refractivity contribution in [1.29, 1.82) is 0 Å². The second-order valence-corrected chi connectivity index (χ2v) is 1.76. The molecule has 0 bridgehead atoms. The van der Waals surface area contributed by atoms with E-state index in [1.807, 2.05) is 0 Å². The lowest BCUT2D eigenvalue weighted by atomic mass is 10.4. The maximum absolute atomic E-state index is 12.2. The summed E-state index contributed by atoms with van der Waals surface area (Å²) in [6.45, 7) is -3.14. The van der Waals surface area contributed by atoms with E-state index < -0.39 is 37.5 Å². The van der Waals surface area contributed by atoms with Gasteiger partial charge in [0.2, 0.25) is 0 Å². The van der Waals surface area contributed by atoms with Gasteiger partial charge < -0.3 is 4.74 Å². The van der Waals surface area contributed by atoms with E-state index in [1.54, 1.807) is 0 Å². The highest BCUT2D eigenvalue weighted by Crippen LogP contribution is 2.22. The molecule has 0 saturated heterocycles. The predicted octanol–water partition coefficient (Wildman–Crippen LogP) is 1.62. The van der Waals surface area contributed by atoms with E-state index in [2.05, 4.69) is 4.74 Å². The molecule has 0 unspecified atom stereocenters. The van der Waals surface area contributed by atoms with Gasteiger partial charge in [0.05, 0.1) is 4.11 Å². The third-order valence-corrected chi connectivity index (χ3v) is 0.817. The number of halogens is 4. The molecule has 0 aliphatic rings. The fourth-order valence-corrected chi connectivity index (χ4v) is 0.261. The summed E-state index contributed by atoms with van der Waals surface area (Å²) < 4.78 is 70.6. The Balaban J connectivity index is 4.31. The first-order valence-electron chi connectivity index (χ1n) is 4.15. The molecule has 0 heterocycles. The minimum Gasteiger partial charge on any atom is -0.456 e. The van der Waals surface area contributed by atoms with Gasteiger partial charge in [-0.05, 0) is 0 Å². The average Bonchev–Trinajstić information content (AvgIpc) is 2.12. The van der Waals surface area contributed by atoms with Crippen LogP contribution in [-0.4, -0.2) is 24.9 Å². The maximum atomic E-state index is 12.2. The zero-order chi connectivity index (χ0) is 12.2. The van der Waals surface area contributed by atoms with E-state index >= 15 is 0 Å². The minimum absolute atomic E-state index is 1.25. The van der Waals surface area contributed by atoms with Crippen LogP contribution in [0.3, 0.4) is 0 Å². The quantitative estimate of drug-likeness (QED) is 0.291. The number of hydrogen-bond acceptors (Lipinski definition) is 2. The summed E-state index contributed by atoms with van der Waals surface area (Å²) in [6.07, 6.45) is -3.99. The zero-order valence-electron chi connectivity index (χ0n) is 8.61. The van der Waals surface area contributed by atoms with Gasteiger partial charge in [0, 0.05) is 6.05 Å². The molecule has 12 heavy (non-hydrogen) atoms. The first kappa shape index (κ1) is 6.45. The molecule has 0 fully saturated rings. The van der Waals surface area contributed by atoms with E-state index in [-0.39, 0.29) is 0 Å². The first-order chi connectivity index (χ1) is 6.68. The monoisotopic (exact) mass is 190 g/mol. The van der Waals surface area contributed by atoms with E-state index in [4.69, 9.17) is 4.11 Å². The molecule has 0 aromatic rings. The van der Waals surface area contributed by atoms with Crippen LogP contribution in [0.2, 0.25) is 0 Å². The van der Waals surface area contributed by atoms with Crippen molar-refractivity contribution in [2.24, 2.45) is 0 Å². The van der Waals surface area contributed by atoms with Crippen LogP contribution in [0.15, 0.2) is 12.6 Å². The molecule has 0 aliphatic carbocycles. The SMILES string of the molecule is [2H]C([2H])=C([2H])[13C](=O)OCC(F)(F)C(F)F. The summed E-state index contributed by atoms with van der Waals surface area (Å²) in [7, 11) is 0. The number of ether oxygens (including phenoxy) is 1. The van der Waals surface area contributed by atoms with Gasteiger partial charge in [-0.2, -0.15) is 8.78 Å². The number of esters is 1. The van der Waals surface area contributed by atoms with Crippen LogP contribution in [0.4, 0.5) is 17.6 Å². The summed E-state index contributed by atoms with van der Waals surface area (Å²) in [4.78, 5) is 10.6. The van der Waals surface area contributed by atoms with E-state index in [0.29, 0.717) is 0 Å². The maximum Gasteiger partial charge on any atom is 0.340 e. The van der Waals surface area contributed by atoms with Crippen LogP contribution in [-0.2, 0) is 9.53 Å². The molecule has 0 spiro atoms. The molecule has 0 rings (SSSR count). The summed E-state index contributed by atoms with van der Waals surface area (Å²) >= 11 is 0. The van der Waals surface area contributed by atoms with Crippen LogP contribution < -0.4 is 0 Å². The Labute approximate surface area is 70.0 Å². The Hall–Kier alpha value is -1.07. The van der Waals surface area contributed by atoms with Crippen LogP contribution in [0.25, 0.3) is 0 Å². The van der Waals surface area contributed by atoms with Crippen molar-refractivity contribution < 1.29 is 31.2 Å².